The third-order valence-corrected chi connectivity index (χ3v) is 2.89. The van der Waals surface area contributed by atoms with Gasteiger partial charge in [-0.1, -0.05) is 42.2 Å². The number of aliphatic hydroxyl groups excluding tert-OH is 1. The molecule has 2 aromatic carbocycles. The van der Waals surface area contributed by atoms with Crippen molar-refractivity contribution >= 4 is 17.5 Å². The van der Waals surface area contributed by atoms with Crippen LogP contribution in [0.3, 0.4) is 0 Å². The number of hydrogen-bond donors (Lipinski definition) is 3. The smallest absolute Gasteiger partial charge is 0.313 e. The molecule has 3 N–H and O–H groups in total. The first-order chi connectivity index (χ1) is 11.2. The third-order valence-electron chi connectivity index (χ3n) is 2.89. The van der Waals surface area contributed by atoms with Gasteiger partial charge in [0.2, 0.25) is 0 Å². The number of benzene rings is 2. The molecule has 0 aliphatic carbocycles. The molecule has 2 rings (SSSR count). The third kappa shape index (κ3) is 4.99. The summed E-state index contributed by atoms with van der Waals surface area (Å²) in [6, 6.07) is 16.4. The second-order valence-corrected chi connectivity index (χ2v) is 4.60. The minimum absolute atomic E-state index is 0.0295. The first-order valence-corrected chi connectivity index (χ1v) is 7.07. The lowest BCUT2D eigenvalue weighted by Gasteiger charge is -2.07. The van der Waals surface area contributed by atoms with E-state index in [0.717, 1.165) is 5.56 Å². The highest BCUT2D eigenvalue weighted by molar-refractivity contribution is 6.39. The van der Waals surface area contributed by atoms with Crippen molar-refractivity contribution in [1.29, 1.82) is 0 Å². The van der Waals surface area contributed by atoms with Gasteiger partial charge in [-0.25, -0.2) is 0 Å². The highest BCUT2D eigenvalue weighted by Gasteiger charge is 2.13. The van der Waals surface area contributed by atoms with Crippen molar-refractivity contribution in [2.75, 3.05) is 18.5 Å². The average Bonchev–Trinajstić information content (AvgIpc) is 2.59. The van der Waals surface area contributed by atoms with Crippen molar-refractivity contribution in [3.8, 4) is 11.8 Å². The Morgan fingerprint density at radius 1 is 0.913 bits per heavy atom. The van der Waals surface area contributed by atoms with Crippen LogP contribution in [0.4, 0.5) is 5.69 Å². The largest absolute Gasteiger partial charge is 0.395 e. The summed E-state index contributed by atoms with van der Waals surface area (Å²) < 4.78 is 0. The molecule has 2 amide bonds. The molecule has 0 bridgehead atoms. The molecule has 0 aliphatic rings. The van der Waals surface area contributed by atoms with Gasteiger partial charge in [0.25, 0.3) is 0 Å². The molecule has 0 fully saturated rings. The number of amides is 2. The molecular formula is C18H16N2O3. The lowest BCUT2D eigenvalue weighted by molar-refractivity contribution is -0.136. The van der Waals surface area contributed by atoms with E-state index in [0.29, 0.717) is 11.3 Å². The first kappa shape index (κ1) is 16.3. The monoisotopic (exact) mass is 308 g/mol. The van der Waals surface area contributed by atoms with Crippen LogP contribution >= 0.6 is 0 Å². The van der Waals surface area contributed by atoms with Crippen molar-refractivity contribution in [2.45, 2.75) is 0 Å². The fourth-order valence-electron chi connectivity index (χ4n) is 1.79. The highest BCUT2D eigenvalue weighted by Crippen LogP contribution is 2.13. The molecule has 2 aromatic rings. The number of para-hydroxylation sites is 1. The first-order valence-electron chi connectivity index (χ1n) is 7.07. The van der Waals surface area contributed by atoms with Gasteiger partial charge in [0.05, 0.1) is 12.3 Å². The second kappa shape index (κ2) is 8.37. The van der Waals surface area contributed by atoms with Gasteiger partial charge in [0.15, 0.2) is 0 Å². The summed E-state index contributed by atoms with van der Waals surface area (Å²) in [4.78, 5) is 23.3. The molecule has 5 nitrogen and oxygen atoms in total. The number of anilines is 1. The van der Waals surface area contributed by atoms with E-state index in [-0.39, 0.29) is 13.2 Å². The number of nitrogens with one attached hydrogen (secondary N) is 2. The van der Waals surface area contributed by atoms with Gasteiger partial charge in [-0.15, -0.1) is 0 Å². The Hall–Kier alpha value is -3.10. The van der Waals surface area contributed by atoms with E-state index >= 15 is 0 Å². The molecule has 0 heterocycles. The van der Waals surface area contributed by atoms with Gasteiger partial charge >= 0.3 is 11.8 Å². The average molecular weight is 308 g/mol. The van der Waals surface area contributed by atoms with Crippen molar-refractivity contribution in [2.24, 2.45) is 0 Å². The fraction of sp³-hybridized carbons (Fsp3) is 0.111. The maximum Gasteiger partial charge on any atom is 0.313 e. The van der Waals surface area contributed by atoms with E-state index in [2.05, 4.69) is 22.5 Å². The topological polar surface area (TPSA) is 78.4 Å². The Balaban J connectivity index is 2.14. The van der Waals surface area contributed by atoms with Crippen molar-refractivity contribution in [3.05, 3.63) is 65.7 Å². The molecule has 0 radical (unpaired) electrons. The SMILES string of the molecule is O=C(NCCO)C(=O)Nc1ccccc1C#Cc1ccccc1. The van der Waals surface area contributed by atoms with Crippen molar-refractivity contribution in [3.63, 3.8) is 0 Å². The van der Waals surface area contributed by atoms with Crippen LogP contribution in [0.25, 0.3) is 0 Å². The van der Waals surface area contributed by atoms with Crippen LogP contribution in [0.5, 0.6) is 0 Å². The quantitative estimate of drug-likeness (QED) is 0.587. The van der Waals surface area contributed by atoms with E-state index in [4.69, 9.17) is 5.11 Å². The van der Waals surface area contributed by atoms with Gasteiger partial charge in [0.1, 0.15) is 0 Å². The Kier molecular flexibility index (Phi) is 5.92. The number of carbonyl (C=O) groups excluding carboxylic acids is 2. The Bertz CT molecular complexity index is 746. The van der Waals surface area contributed by atoms with E-state index in [1.54, 1.807) is 24.3 Å². The lowest BCUT2D eigenvalue weighted by Crippen LogP contribution is -2.36. The predicted molar refractivity (Wildman–Crippen MR) is 87.6 cm³/mol. The fourth-order valence-corrected chi connectivity index (χ4v) is 1.79. The van der Waals surface area contributed by atoms with Gasteiger partial charge in [-0.3, -0.25) is 9.59 Å². The summed E-state index contributed by atoms with van der Waals surface area (Å²) in [5, 5.41) is 13.5. The van der Waals surface area contributed by atoms with Crippen LogP contribution in [0, 0.1) is 11.8 Å². The van der Waals surface area contributed by atoms with Gasteiger partial charge in [-0.2, -0.15) is 0 Å². The van der Waals surface area contributed by atoms with Crippen LogP contribution in [-0.4, -0.2) is 30.1 Å². The van der Waals surface area contributed by atoms with Crippen molar-refractivity contribution < 1.29 is 14.7 Å². The summed E-state index contributed by atoms with van der Waals surface area (Å²) in [6.45, 7) is -0.195. The zero-order valence-electron chi connectivity index (χ0n) is 12.4. The summed E-state index contributed by atoms with van der Waals surface area (Å²) in [7, 11) is 0. The molecule has 23 heavy (non-hydrogen) atoms. The van der Waals surface area contributed by atoms with E-state index < -0.39 is 11.8 Å². The highest BCUT2D eigenvalue weighted by atomic mass is 16.3. The number of hydrogen-bond acceptors (Lipinski definition) is 3. The minimum atomic E-state index is -0.801. The maximum absolute atomic E-state index is 11.8. The zero-order valence-corrected chi connectivity index (χ0v) is 12.4. The summed E-state index contributed by atoms with van der Waals surface area (Å²) in [5.74, 6) is 4.38. The molecule has 0 unspecified atom stereocenters. The van der Waals surface area contributed by atoms with E-state index in [1.165, 1.54) is 0 Å². The summed E-state index contributed by atoms with van der Waals surface area (Å²) in [5.41, 5.74) is 1.93. The molecule has 0 aliphatic heterocycles. The molecule has 0 saturated heterocycles. The summed E-state index contributed by atoms with van der Waals surface area (Å²) in [6.07, 6.45) is 0. The summed E-state index contributed by atoms with van der Waals surface area (Å²) >= 11 is 0. The van der Waals surface area contributed by atoms with E-state index in [9.17, 15) is 9.59 Å². The molecule has 0 spiro atoms. The molecular weight excluding hydrogens is 292 g/mol. The van der Waals surface area contributed by atoms with E-state index in [1.807, 2.05) is 30.3 Å². The lowest BCUT2D eigenvalue weighted by atomic mass is 10.1. The van der Waals surface area contributed by atoms with Crippen LogP contribution in [0.15, 0.2) is 54.6 Å². The Morgan fingerprint density at radius 2 is 1.61 bits per heavy atom. The number of rotatable bonds is 3. The Morgan fingerprint density at radius 3 is 2.35 bits per heavy atom. The normalized spacial score (nSPS) is 9.43. The number of aliphatic hydroxyl groups is 1. The molecule has 116 valence electrons. The van der Waals surface area contributed by atoms with Crippen LogP contribution in [0.1, 0.15) is 11.1 Å². The zero-order chi connectivity index (χ0) is 16.5. The maximum atomic E-state index is 11.8. The molecule has 0 aromatic heterocycles. The predicted octanol–water partition coefficient (Wildman–Crippen LogP) is 1.13. The van der Waals surface area contributed by atoms with Gasteiger partial charge in [-0.05, 0) is 24.3 Å². The van der Waals surface area contributed by atoms with Crippen LogP contribution < -0.4 is 10.6 Å². The van der Waals surface area contributed by atoms with Crippen LogP contribution in [-0.2, 0) is 9.59 Å². The van der Waals surface area contributed by atoms with Crippen LogP contribution in [0.2, 0.25) is 0 Å². The Labute approximate surface area is 134 Å². The standard InChI is InChI=1S/C18H16N2O3/c21-13-12-19-17(22)18(23)20-16-9-5-4-8-15(16)11-10-14-6-2-1-3-7-14/h1-9,21H,12-13H2,(H,19,22)(H,20,23). The molecule has 0 saturated carbocycles. The molecule has 5 heteroatoms. The van der Waals surface area contributed by atoms with Gasteiger partial charge in [0, 0.05) is 17.7 Å². The minimum Gasteiger partial charge on any atom is -0.395 e. The van der Waals surface area contributed by atoms with Gasteiger partial charge < -0.3 is 15.7 Å². The second-order valence-electron chi connectivity index (χ2n) is 4.60. The number of carbonyl (C=O) groups is 2. The molecule has 0 atom stereocenters. The van der Waals surface area contributed by atoms with Crippen molar-refractivity contribution in [1.82, 2.24) is 5.32 Å².